The lowest BCUT2D eigenvalue weighted by molar-refractivity contribution is -0.384. The Balaban J connectivity index is 0.000000183. The van der Waals surface area contributed by atoms with Gasteiger partial charge in [0.05, 0.1) is 31.4 Å². The zero-order chi connectivity index (χ0) is 22.9. The molecule has 1 aromatic rings. The first-order valence-electron chi connectivity index (χ1n) is 12.5. The Morgan fingerprint density at radius 2 is 1.45 bits per heavy atom. The first-order chi connectivity index (χ1) is 16.2. The Hall–Kier alpha value is -1.78. The van der Waals surface area contributed by atoms with Gasteiger partial charge in [-0.15, -0.1) is 0 Å². The number of hydrogen-bond donors (Lipinski definition) is 1. The molecular formula is C24H39N5O4. The second kappa shape index (κ2) is 12.6. The Bertz CT molecular complexity index is 700. The van der Waals surface area contributed by atoms with Crippen LogP contribution in [-0.2, 0) is 9.47 Å². The number of ether oxygens (including phenoxy) is 2. The minimum atomic E-state index is -0.351. The second-order valence-corrected chi connectivity index (χ2v) is 9.31. The fourth-order valence-electron chi connectivity index (χ4n) is 5.30. The monoisotopic (exact) mass is 461 g/mol. The van der Waals surface area contributed by atoms with E-state index in [2.05, 4.69) is 20.0 Å². The molecule has 0 aromatic heterocycles. The molecule has 2 unspecified atom stereocenters. The summed E-state index contributed by atoms with van der Waals surface area (Å²) in [7, 11) is 0. The van der Waals surface area contributed by atoms with Crippen molar-refractivity contribution in [2.75, 3.05) is 83.7 Å². The molecule has 184 valence electrons. The van der Waals surface area contributed by atoms with Crippen molar-refractivity contribution in [1.29, 1.82) is 0 Å². The molecule has 1 aromatic carbocycles. The number of piperidine rings is 2. The average Bonchev–Trinajstić information content (AvgIpc) is 2.91. The van der Waals surface area contributed by atoms with Gasteiger partial charge in [-0.1, -0.05) is 0 Å². The van der Waals surface area contributed by atoms with Crippen molar-refractivity contribution < 1.29 is 14.4 Å². The molecule has 1 N–H and O–H groups in total. The second-order valence-electron chi connectivity index (χ2n) is 9.31. The molecule has 33 heavy (non-hydrogen) atoms. The van der Waals surface area contributed by atoms with Gasteiger partial charge >= 0.3 is 0 Å². The van der Waals surface area contributed by atoms with E-state index in [1.807, 2.05) is 12.1 Å². The van der Waals surface area contributed by atoms with Gasteiger partial charge in [0.25, 0.3) is 5.69 Å². The van der Waals surface area contributed by atoms with Crippen LogP contribution in [-0.4, -0.2) is 106 Å². The summed E-state index contributed by atoms with van der Waals surface area (Å²) < 4.78 is 10.7. The number of nitrogens with zero attached hydrogens (tertiary/aromatic N) is 4. The molecule has 0 bridgehead atoms. The summed E-state index contributed by atoms with van der Waals surface area (Å²) in [6, 6.07) is 8.25. The van der Waals surface area contributed by atoms with Gasteiger partial charge in [-0.25, -0.2) is 0 Å². The van der Waals surface area contributed by atoms with E-state index in [4.69, 9.17) is 9.47 Å². The largest absolute Gasteiger partial charge is 0.379 e. The highest BCUT2D eigenvalue weighted by Crippen LogP contribution is 2.25. The quantitative estimate of drug-likeness (QED) is 0.538. The number of benzene rings is 1. The van der Waals surface area contributed by atoms with Crippen molar-refractivity contribution >= 4 is 11.4 Å². The number of hydrogen-bond acceptors (Lipinski definition) is 8. The van der Waals surface area contributed by atoms with Crippen LogP contribution in [0.5, 0.6) is 0 Å². The third-order valence-corrected chi connectivity index (χ3v) is 7.22. The van der Waals surface area contributed by atoms with Crippen LogP contribution in [0.2, 0.25) is 0 Å². The fourth-order valence-corrected chi connectivity index (χ4v) is 5.30. The maximum Gasteiger partial charge on any atom is 0.269 e. The van der Waals surface area contributed by atoms with Gasteiger partial charge in [-0.05, 0) is 44.4 Å². The minimum Gasteiger partial charge on any atom is -0.379 e. The van der Waals surface area contributed by atoms with Crippen LogP contribution in [0, 0.1) is 10.1 Å². The SMILES string of the molecule is C1CNCC(N2CCOCC2)C1.O=[N+]([O-])c1ccc(N2CCCC(N3CCOCC3)C2)cc1. The highest BCUT2D eigenvalue weighted by atomic mass is 16.6. The Labute approximate surface area is 197 Å². The highest BCUT2D eigenvalue weighted by Gasteiger charge is 2.27. The molecule has 4 aliphatic rings. The van der Waals surface area contributed by atoms with Crippen LogP contribution in [0.1, 0.15) is 25.7 Å². The summed E-state index contributed by atoms with van der Waals surface area (Å²) in [5.41, 5.74) is 1.24. The summed E-state index contributed by atoms with van der Waals surface area (Å²) >= 11 is 0. The minimum absolute atomic E-state index is 0.153. The average molecular weight is 462 g/mol. The molecule has 4 aliphatic heterocycles. The molecular weight excluding hydrogens is 422 g/mol. The summed E-state index contributed by atoms with van der Waals surface area (Å²) in [6.45, 7) is 12.2. The lowest BCUT2D eigenvalue weighted by atomic mass is 10.0. The maximum absolute atomic E-state index is 10.7. The first-order valence-corrected chi connectivity index (χ1v) is 12.5. The van der Waals surface area contributed by atoms with Crippen LogP contribution in [0.15, 0.2) is 24.3 Å². The number of nitro benzene ring substituents is 1. The smallest absolute Gasteiger partial charge is 0.269 e. The standard InChI is InChI=1S/C15H21N3O3.C9H18N2O/c19-18(20)14-5-3-13(4-6-14)17-7-1-2-15(12-17)16-8-10-21-11-9-16;1-2-9(8-10-3-1)11-4-6-12-7-5-11/h3-6,15H,1-2,7-12H2;9-10H,1-8H2. The zero-order valence-corrected chi connectivity index (χ0v) is 19.7. The van der Waals surface area contributed by atoms with Crippen molar-refractivity contribution in [3.8, 4) is 0 Å². The molecule has 0 amide bonds. The molecule has 5 rings (SSSR count). The first kappa shape index (κ1) is 24.3. The van der Waals surface area contributed by atoms with E-state index in [0.717, 1.165) is 77.4 Å². The molecule has 9 nitrogen and oxygen atoms in total. The van der Waals surface area contributed by atoms with Gasteiger partial charge < -0.3 is 19.7 Å². The third kappa shape index (κ3) is 7.10. The molecule has 2 atom stereocenters. The molecule has 0 saturated carbocycles. The molecule has 4 heterocycles. The summed E-state index contributed by atoms with van der Waals surface area (Å²) in [4.78, 5) is 17.8. The number of anilines is 1. The van der Waals surface area contributed by atoms with E-state index in [9.17, 15) is 10.1 Å². The Kier molecular flexibility index (Phi) is 9.31. The zero-order valence-electron chi connectivity index (χ0n) is 19.7. The normalized spacial score (nSPS) is 27.5. The third-order valence-electron chi connectivity index (χ3n) is 7.22. The lowest BCUT2D eigenvalue weighted by Gasteiger charge is -2.41. The summed E-state index contributed by atoms with van der Waals surface area (Å²) in [5.74, 6) is 0. The number of nitrogens with one attached hydrogen (secondary N) is 1. The highest BCUT2D eigenvalue weighted by molar-refractivity contribution is 5.51. The fraction of sp³-hybridized carbons (Fsp3) is 0.750. The van der Waals surface area contributed by atoms with Crippen molar-refractivity contribution in [3.05, 3.63) is 34.4 Å². The molecule has 9 heteroatoms. The maximum atomic E-state index is 10.7. The van der Waals surface area contributed by atoms with Gasteiger partial charge in [0, 0.05) is 75.7 Å². The van der Waals surface area contributed by atoms with E-state index in [0.29, 0.717) is 6.04 Å². The Morgan fingerprint density at radius 3 is 2.03 bits per heavy atom. The van der Waals surface area contributed by atoms with Crippen LogP contribution in [0.25, 0.3) is 0 Å². The van der Waals surface area contributed by atoms with Crippen molar-refractivity contribution in [3.63, 3.8) is 0 Å². The van der Waals surface area contributed by atoms with E-state index >= 15 is 0 Å². The van der Waals surface area contributed by atoms with Gasteiger partial charge in [0.15, 0.2) is 0 Å². The van der Waals surface area contributed by atoms with E-state index in [1.165, 1.54) is 38.8 Å². The van der Waals surface area contributed by atoms with Crippen molar-refractivity contribution in [1.82, 2.24) is 15.1 Å². The van der Waals surface area contributed by atoms with E-state index < -0.39 is 0 Å². The van der Waals surface area contributed by atoms with Crippen LogP contribution >= 0.6 is 0 Å². The van der Waals surface area contributed by atoms with Gasteiger partial charge in [-0.2, -0.15) is 0 Å². The van der Waals surface area contributed by atoms with E-state index in [-0.39, 0.29) is 10.6 Å². The van der Waals surface area contributed by atoms with Gasteiger partial charge in [0.2, 0.25) is 0 Å². The molecule has 0 radical (unpaired) electrons. The van der Waals surface area contributed by atoms with Gasteiger partial charge in [0.1, 0.15) is 0 Å². The molecule has 0 aliphatic carbocycles. The number of non-ortho nitro benzene ring substituents is 1. The molecule has 4 saturated heterocycles. The summed E-state index contributed by atoms with van der Waals surface area (Å²) in [5, 5.41) is 14.2. The topological polar surface area (TPSA) is 83.3 Å². The number of rotatable bonds is 4. The molecule has 0 spiro atoms. The Morgan fingerprint density at radius 1 is 0.848 bits per heavy atom. The van der Waals surface area contributed by atoms with Crippen molar-refractivity contribution in [2.24, 2.45) is 0 Å². The summed E-state index contributed by atoms with van der Waals surface area (Å²) in [6.07, 6.45) is 5.09. The van der Waals surface area contributed by atoms with Crippen LogP contribution in [0.3, 0.4) is 0 Å². The van der Waals surface area contributed by atoms with Gasteiger partial charge in [-0.3, -0.25) is 19.9 Å². The predicted octanol–water partition coefficient (Wildman–Crippen LogP) is 1.97. The predicted molar refractivity (Wildman–Crippen MR) is 129 cm³/mol. The van der Waals surface area contributed by atoms with Crippen molar-refractivity contribution in [2.45, 2.75) is 37.8 Å². The number of morpholine rings is 2. The molecule has 4 fully saturated rings. The number of nitro groups is 1. The van der Waals surface area contributed by atoms with Crippen LogP contribution in [0.4, 0.5) is 11.4 Å². The lowest BCUT2D eigenvalue weighted by Crippen LogP contribution is -2.51. The van der Waals surface area contributed by atoms with Crippen LogP contribution < -0.4 is 10.2 Å². The van der Waals surface area contributed by atoms with E-state index in [1.54, 1.807) is 12.1 Å².